The Morgan fingerprint density at radius 1 is 1.31 bits per heavy atom. The maximum atomic E-state index is 12.0. The van der Waals surface area contributed by atoms with E-state index in [2.05, 4.69) is 5.32 Å². The van der Waals surface area contributed by atoms with Gasteiger partial charge in [0.15, 0.2) is 0 Å². The van der Waals surface area contributed by atoms with Gasteiger partial charge >= 0.3 is 0 Å². The number of aliphatic hydroxyl groups is 2. The molecule has 0 saturated heterocycles. The Morgan fingerprint density at radius 3 is 2.31 bits per heavy atom. The fourth-order valence-corrected chi connectivity index (χ4v) is 3.00. The van der Waals surface area contributed by atoms with E-state index >= 15 is 0 Å². The molecule has 2 saturated carbocycles. The lowest BCUT2D eigenvalue weighted by Gasteiger charge is -2.30. The molecule has 2 aliphatic carbocycles. The monoisotopic (exact) mass is 227 g/mol. The highest BCUT2D eigenvalue weighted by molar-refractivity contribution is 5.83. The minimum atomic E-state index is -0.825. The Morgan fingerprint density at radius 2 is 1.88 bits per heavy atom. The van der Waals surface area contributed by atoms with Gasteiger partial charge in [-0.1, -0.05) is 13.3 Å². The van der Waals surface area contributed by atoms with E-state index in [4.69, 9.17) is 0 Å². The van der Waals surface area contributed by atoms with Crippen LogP contribution in [-0.4, -0.2) is 34.9 Å². The Labute approximate surface area is 96.0 Å². The van der Waals surface area contributed by atoms with Crippen molar-refractivity contribution in [1.82, 2.24) is 5.32 Å². The second-order valence-electron chi connectivity index (χ2n) is 5.22. The zero-order valence-electron chi connectivity index (χ0n) is 9.78. The van der Waals surface area contributed by atoms with Crippen molar-refractivity contribution in [2.75, 3.05) is 13.2 Å². The van der Waals surface area contributed by atoms with E-state index in [0.717, 1.165) is 0 Å². The topological polar surface area (TPSA) is 69.6 Å². The van der Waals surface area contributed by atoms with E-state index in [9.17, 15) is 15.0 Å². The van der Waals surface area contributed by atoms with Crippen molar-refractivity contribution in [2.24, 2.45) is 17.8 Å². The van der Waals surface area contributed by atoms with Gasteiger partial charge in [-0.3, -0.25) is 4.79 Å². The normalized spacial score (nSPS) is 32.3. The molecule has 2 unspecified atom stereocenters. The van der Waals surface area contributed by atoms with E-state index in [1.165, 1.54) is 19.3 Å². The molecule has 4 heteroatoms. The number of hydrogen-bond acceptors (Lipinski definition) is 3. The molecule has 0 aliphatic heterocycles. The van der Waals surface area contributed by atoms with Gasteiger partial charge in [-0.05, 0) is 31.1 Å². The molecule has 0 spiro atoms. The van der Waals surface area contributed by atoms with Crippen LogP contribution in [0.5, 0.6) is 0 Å². The van der Waals surface area contributed by atoms with E-state index < -0.39 is 5.54 Å². The van der Waals surface area contributed by atoms with Crippen molar-refractivity contribution in [3.63, 3.8) is 0 Å². The van der Waals surface area contributed by atoms with Crippen molar-refractivity contribution in [3.05, 3.63) is 0 Å². The standard InChI is InChI=1S/C12H21NO3/c1-2-12(6-14,7-15)13-11(16)10-8-4-3-5-9(8)10/h8-10,14-15H,2-7H2,1H3,(H,13,16). The molecule has 0 aromatic heterocycles. The van der Waals surface area contributed by atoms with Crippen LogP contribution in [0.2, 0.25) is 0 Å². The third-order valence-corrected chi connectivity index (χ3v) is 4.38. The van der Waals surface area contributed by atoms with Crippen LogP contribution < -0.4 is 5.32 Å². The predicted octanol–water partition coefficient (Wildman–Crippen LogP) is 0.282. The van der Waals surface area contributed by atoms with Crippen LogP contribution in [0, 0.1) is 17.8 Å². The van der Waals surface area contributed by atoms with Gasteiger partial charge in [-0.15, -0.1) is 0 Å². The van der Waals surface area contributed by atoms with Gasteiger partial charge in [0.25, 0.3) is 0 Å². The van der Waals surface area contributed by atoms with Crippen LogP contribution in [-0.2, 0) is 4.79 Å². The van der Waals surface area contributed by atoms with Crippen molar-refractivity contribution in [2.45, 2.75) is 38.1 Å². The molecule has 2 aliphatic rings. The molecule has 2 rings (SSSR count). The maximum absolute atomic E-state index is 12.0. The quantitative estimate of drug-likeness (QED) is 0.632. The van der Waals surface area contributed by atoms with Crippen LogP contribution in [0.25, 0.3) is 0 Å². The highest BCUT2D eigenvalue weighted by Crippen LogP contribution is 2.57. The average Bonchev–Trinajstić information content (AvgIpc) is 2.81. The number of amides is 1. The van der Waals surface area contributed by atoms with Gasteiger partial charge in [-0.25, -0.2) is 0 Å². The first-order valence-electron chi connectivity index (χ1n) is 6.21. The van der Waals surface area contributed by atoms with E-state index in [0.29, 0.717) is 18.3 Å². The number of carbonyl (C=O) groups is 1. The second-order valence-corrected chi connectivity index (χ2v) is 5.22. The lowest BCUT2D eigenvalue weighted by atomic mass is 9.97. The summed E-state index contributed by atoms with van der Waals surface area (Å²) in [6.45, 7) is 1.46. The Balaban J connectivity index is 1.91. The highest BCUT2D eigenvalue weighted by atomic mass is 16.3. The van der Waals surface area contributed by atoms with Crippen LogP contribution in [0.1, 0.15) is 32.6 Å². The van der Waals surface area contributed by atoms with Crippen molar-refractivity contribution < 1.29 is 15.0 Å². The SMILES string of the molecule is CCC(CO)(CO)NC(=O)C1C2CCCC21. The van der Waals surface area contributed by atoms with Gasteiger partial charge in [0, 0.05) is 5.92 Å². The molecule has 2 fully saturated rings. The maximum Gasteiger partial charge on any atom is 0.224 e. The molecule has 0 aromatic carbocycles. The molecular formula is C12H21NO3. The molecular weight excluding hydrogens is 206 g/mol. The van der Waals surface area contributed by atoms with Crippen LogP contribution >= 0.6 is 0 Å². The minimum Gasteiger partial charge on any atom is -0.394 e. The summed E-state index contributed by atoms with van der Waals surface area (Å²) < 4.78 is 0. The minimum absolute atomic E-state index is 0.0275. The molecule has 0 bridgehead atoms. The summed E-state index contributed by atoms with van der Waals surface area (Å²) in [5, 5.41) is 21.3. The number of rotatable bonds is 5. The van der Waals surface area contributed by atoms with Crippen molar-refractivity contribution in [3.8, 4) is 0 Å². The second kappa shape index (κ2) is 4.34. The number of carbonyl (C=O) groups excluding carboxylic acids is 1. The summed E-state index contributed by atoms with van der Waals surface area (Å²) in [6.07, 6.45) is 4.13. The smallest absolute Gasteiger partial charge is 0.224 e. The van der Waals surface area contributed by atoms with Gasteiger partial charge in [-0.2, -0.15) is 0 Å². The van der Waals surface area contributed by atoms with Crippen LogP contribution in [0.4, 0.5) is 0 Å². The van der Waals surface area contributed by atoms with Gasteiger partial charge in [0.2, 0.25) is 5.91 Å². The molecule has 0 radical (unpaired) electrons. The van der Waals surface area contributed by atoms with E-state index in [1.54, 1.807) is 0 Å². The van der Waals surface area contributed by atoms with E-state index in [-0.39, 0.29) is 25.0 Å². The molecule has 4 nitrogen and oxygen atoms in total. The lowest BCUT2D eigenvalue weighted by Crippen LogP contribution is -2.54. The third-order valence-electron chi connectivity index (χ3n) is 4.38. The fraction of sp³-hybridized carbons (Fsp3) is 0.917. The molecule has 3 N–H and O–H groups in total. The first-order valence-corrected chi connectivity index (χ1v) is 6.21. The largest absolute Gasteiger partial charge is 0.394 e. The van der Waals surface area contributed by atoms with Crippen molar-refractivity contribution in [1.29, 1.82) is 0 Å². The number of nitrogens with one attached hydrogen (secondary N) is 1. The van der Waals surface area contributed by atoms with Crippen molar-refractivity contribution >= 4 is 5.91 Å². The molecule has 0 aromatic rings. The first kappa shape index (κ1) is 11.9. The zero-order valence-corrected chi connectivity index (χ0v) is 9.78. The molecule has 16 heavy (non-hydrogen) atoms. The molecule has 1 amide bonds. The number of fused-ring (bicyclic) bond motifs is 1. The summed E-state index contributed by atoms with van der Waals surface area (Å²) in [6, 6.07) is 0. The van der Waals surface area contributed by atoms with Crippen LogP contribution in [0.15, 0.2) is 0 Å². The van der Waals surface area contributed by atoms with Gasteiger partial charge in [0.05, 0.1) is 18.8 Å². The van der Waals surface area contributed by atoms with Crippen LogP contribution in [0.3, 0.4) is 0 Å². The number of hydrogen-bond donors (Lipinski definition) is 3. The summed E-state index contributed by atoms with van der Waals surface area (Å²) in [4.78, 5) is 12.0. The zero-order chi connectivity index (χ0) is 11.8. The highest BCUT2D eigenvalue weighted by Gasteiger charge is 2.57. The number of aliphatic hydroxyl groups excluding tert-OH is 2. The Bertz CT molecular complexity index is 257. The Kier molecular flexibility index (Phi) is 3.22. The fourth-order valence-electron chi connectivity index (χ4n) is 3.00. The summed E-state index contributed by atoms with van der Waals surface area (Å²) in [5.41, 5.74) is -0.825. The summed E-state index contributed by atoms with van der Waals surface area (Å²) in [7, 11) is 0. The van der Waals surface area contributed by atoms with Gasteiger partial charge in [0.1, 0.15) is 0 Å². The summed E-state index contributed by atoms with van der Waals surface area (Å²) in [5.74, 6) is 1.33. The molecule has 2 atom stereocenters. The molecule has 92 valence electrons. The third kappa shape index (κ3) is 1.84. The van der Waals surface area contributed by atoms with E-state index in [1.807, 2.05) is 6.92 Å². The summed E-state index contributed by atoms with van der Waals surface area (Å²) >= 11 is 0. The lowest BCUT2D eigenvalue weighted by molar-refractivity contribution is -0.126. The average molecular weight is 227 g/mol. The molecule has 0 heterocycles. The van der Waals surface area contributed by atoms with Gasteiger partial charge < -0.3 is 15.5 Å². The predicted molar refractivity (Wildman–Crippen MR) is 59.7 cm³/mol. The Hall–Kier alpha value is -0.610. The first-order chi connectivity index (χ1) is 7.67.